The molecule has 0 saturated carbocycles. The van der Waals surface area contributed by atoms with E-state index in [1.807, 2.05) is 0 Å². The maximum atomic E-state index is 12.6. The molecular weight excluding hydrogens is 396 g/mol. The highest BCUT2D eigenvalue weighted by atomic mass is 79.9. The number of methoxy groups -OCH3 is 1. The highest BCUT2D eigenvalue weighted by Crippen LogP contribution is 2.31. The van der Waals surface area contributed by atoms with Gasteiger partial charge in [-0.2, -0.15) is 0 Å². The number of benzene rings is 2. The second-order valence-corrected chi connectivity index (χ2v) is 7.98. The van der Waals surface area contributed by atoms with Gasteiger partial charge in [0.15, 0.2) is 0 Å². The minimum Gasteiger partial charge on any atom is -0.496 e. The molecule has 128 valence electrons. The summed E-state index contributed by atoms with van der Waals surface area (Å²) in [6.45, 7) is 0. The van der Waals surface area contributed by atoms with Crippen molar-refractivity contribution in [3.8, 4) is 5.75 Å². The lowest BCUT2D eigenvalue weighted by molar-refractivity contribution is 0.102. The van der Waals surface area contributed by atoms with Gasteiger partial charge in [0.05, 0.1) is 30.3 Å². The number of hydrogen-bond donors (Lipinski definition) is 1. The lowest BCUT2D eigenvalue weighted by Crippen LogP contribution is -2.26. The van der Waals surface area contributed by atoms with Gasteiger partial charge in [0.25, 0.3) is 5.91 Å². The van der Waals surface area contributed by atoms with Gasteiger partial charge in [-0.25, -0.2) is 8.42 Å². The number of rotatable bonds is 5. The molecule has 2 aromatic carbocycles. The van der Waals surface area contributed by atoms with Crippen molar-refractivity contribution in [3.05, 3.63) is 52.5 Å². The van der Waals surface area contributed by atoms with Gasteiger partial charge >= 0.3 is 0 Å². The molecule has 0 bridgehead atoms. The Morgan fingerprint density at radius 3 is 2.50 bits per heavy atom. The van der Waals surface area contributed by atoms with E-state index in [-0.39, 0.29) is 0 Å². The molecule has 1 amide bonds. The smallest absolute Gasteiger partial charge is 0.259 e. The van der Waals surface area contributed by atoms with E-state index in [9.17, 15) is 13.2 Å². The van der Waals surface area contributed by atoms with Gasteiger partial charge in [0.1, 0.15) is 5.75 Å². The van der Waals surface area contributed by atoms with Crippen LogP contribution < -0.4 is 14.4 Å². The Morgan fingerprint density at radius 2 is 1.88 bits per heavy atom. The lowest BCUT2D eigenvalue weighted by Gasteiger charge is -2.21. The highest BCUT2D eigenvalue weighted by Gasteiger charge is 2.19. The first-order chi connectivity index (χ1) is 11.2. The zero-order valence-corrected chi connectivity index (χ0v) is 15.8. The number of sulfonamides is 1. The summed E-state index contributed by atoms with van der Waals surface area (Å²) in [6, 6.07) is 11.8. The highest BCUT2D eigenvalue weighted by molar-refractivity contribution is 9.10. The Balaban J connectivity index is 2.42. The van der Waals surface area contributed by atoms with Gasteiger partial charge in [0, 0.05) is 11.5 Å². The van der Waals surface area contributed by atoms with Crippen LogP contribution in [0.1, 0.15) is 10.4 Å². The molecule has 0 atom stereocenters. The molecule has 0 saturated heterocycles. The van der Waals surface area contributed by atoms with Crippen LogP contribution in [0, 0.1) is 0 Å². The van der Waals surface area contributed by atoms with E-state index in [2.05, 4.69) is 21.2 Å². The van der Waals surface area contributed by atoms with Gasteiger partial charge < -0.3 is 10.1 Å². The maximum Gasteiger partial charge on any atom is 0.259 e. The summed E-state index contributed by atoms with van der Waals surface area (Å²) in [5.74, 6) is 0.0386. The summed E-state index contributed by atoms with van der Waals surface area (Å²) < 4.78 is 30.6. The van der Waals surface area contributed by atoms with Crippen LogP contribution >= 0.6 is 15.9 Å². The molecule has 0 aliphatic heterocycles. The minimum absolute atomic E-state index is 0.355. The molecule has 2 aromatic rings. The zero-order chi connectivity index (χ0) is 17.9. The van der Waals surface area contributed by atoms with Gasteiger partial charge in [-0.1, -0.05) is 28.1 Å². The van der Waals surface area contributed by atoms with E-state index < -0.39 is 15.9 Å². The van der Waals surface area contributed by atoms with Crippen LogP contribution in [-0.4, -0.2) is 34.7 Å². The van der Waals surface area contributed by atoms with E-state index in [4.69, 9.17) is 4.74 Å². The molecule has 0 fully saturated rings. The second-order valence-electron chi connectivity index (χ2n) is 5.05. The number of ether oxygens (including phenoxy) is 1. The maximum absolute atomic E-state index is 12.6. The van der Waals surface area contributed by atoms with Crippen LogP contribution in [0.25, 0.3) is 0 Å². The molecule has 0 radical (unpaired) electrons. The summed E-state index contributed by atoms with van der Waals surface area (Å²) in [6.07, 6.45) is 1.10. The number of nitrogens with one attached hydrogen (secondary N) is 1. The van der Waals surface area contributed by atoms with Crippen LogP contribution in [0.4, 0.5) is 11.4 Å². The molecule has 0 aliphatic carbocycles. The summed E-state index contributed by atoms with van der Waals surface area (Å²) >= 11 is 3.33. The molecule has 8 heteroatoms. The molecular formula is C16H17BrN2O4S. The topological polar surface area (TPSA) is 75.7 Å². The average Bonchev–Trinajstić information content (AvgIpc) is 2.53. The largest absolute Gasteiger partial charge is 0.496 e. The normalized spacial score (nSPS) is 11.0. The van der Waals surface area contributed by atoms with Crippen LogP contribution in [-0.2, 0) is 10.0 Å². The monoisotopic (exact) mass is 412 g/mol. The predicted octanol–water partition coefficient (Wildman–Crippen LogP) is 3.11. The number of carbonyl (C=O) groups is 1. The molecule has 1 N–H and O–H groups in total. The third-order valence-electron chi connectivity index (χ3n) is 3.40. The van der Waals surface area contributed by atoms with Crippen molar-refractivity contribution >= 4 is 43.2 Å². The number of para-hydroxylation sites is 1. The quantitative estimate of drug-likeness (QED) is 0.818. The fourth-order valence-electron chi connectivity index (χ4n) is 2.08. The first-order valence-electron chi connectivity index (χ1n) is 6.92. The predicted molar refractivity (Wildman–Crippen MR) is 98.3 cm³/mol. The fourth-order valence-corrected chi connectivity index (χ4v) is 2.96. The summed E-state index contributed by atoms with van der Waals surface area (Å²) in [5.41, 5.74) is 1.09. The average molecular weight is 413 g/mol. The van der Waals surface area contributed by atoms with Crippen LogP contribution in [0.3, 0.4) is 0 Å². The summed E-state index contributed by atoms with van der Waals surface area (Å²) in [7, 11) is -0.554. The molecule has 0 spiro atoms. The number of nitrogens with zero attached hydrogens (tertiary/aromatic N) is 1. The van der Waals surface area contributed by atoms with Gasteiger partial charge in [-0.3, -0.25) is 9.10 Å². The van der Waals surface area contributed by atoms with Crippen molar-refractivity contribution in [2.24, 2.45) is 0 Å². The second kappa shape index (κ2) is 7.23. The van der Waals surface area contributed by atoms with Crippen molar-refractivity contribution in [2.75, 3.05) is 30.0 Å². The number of anilines is 2. The van der Waals surface area contributed by atoms with E-state index in [0.717, 1.165) is 10.6 Å². The van der Waals surface area contributed by atoms with Crippen LogP contribution in [0.15, 0.2) is 46.9 Å². The zero-order valence-electron chi connectivity index (χ0n) is 13.4. The molecule has 2 rings (SSSR count). The first kappa shape index (κ1) is 18.3. The Bertz CT molecular complexity index is 868. The molecule has 0 aromatic heterocycles. The SMILES string of the molecule is COc1ccccc1C(=O)Nc1cc(Br)ccc1N(C)S(C)(=O)=O. The Labute approximate surface area is 149 Å². The Hall–Kier alpha value is -2.06. The summed E-state index contributed by atoms with van der Waals surface area (Å²) in [4.78, 5) is 12.6. The van der Waals surface area contributed by atoms with Crippen molar-refractivity contribution in [1.29, 1.82) is 0 Å². The summed E-state index contributed by atoms with van der Waals surface area (Å²) in [5, 5.41) is 2.74. The van der Waals surface area contributed by atoms with E-state index in [1.54, 1.807) is 42.5 Å². The van der Waals surface area contributed by atoms with Gasteiger partial charge in [-0.15, -0.1) is 0 Å². The van der Waals surface area contributed by atoms with Crippen molar-refractivity contribution in [3.63, 3.8) is 0 Å². The van der Waals surface area contributed by atoms with E-state index in [0.29, 0.717) is 27.2 Å². The third kappa shape index (κ3) is 4.07. The van der Waals surface area contributed by atoms with Gasteiger partial charge in [-0.05, 0) is 30.3 Å². The number of halogens is 1. The minimum atomic E-state index is -3.46. The molecule has 0 unspecified atom stereocenters. The van der Waals surface area contributed by atoms with Crippen molar-refractivity contribution in [1.82, 2.24) is 0 Å². The van der Waals surface area contributed by atoms with Crippen LogP contribution in [0.5, 0.6) is 5.75 Å². The third-order valence-corrected chi connectivity index (χ3v) is 5.08. The number of amides is 1. The Kier molecular flexibility index (Phi) is 5.51. The number of carbonyl (C=O) groups excluding carboxylic acids is 1. The molecule has 0 heterocycles. The lowest BCUT2D eigenvalue weighted by atomic mass is 10.1. The van der Waals surface area contributed by atoms with Crippen LogP contribution in [0.2, 0.25) is 0 Å². The van der Waals surface area contributed by atoms with Gasteiger partial charge in [0.2, 0.25) is 10.0 Å². The van der Waals surface area contributed by atoms with E-state index >= 15 is 0 Å². The fraction of sp³-hybridized carbons (Fsp3) is 0.188. The van der Waals surface area contributed by atoms with E-state index in [1.165, 1.54) is 14.2 Å². The Morgan fingerprint density at radius 1 is 1.21 bits per heavy atom. The standard InChI is InChI=1S/C16H17BrN2O4S/c1-19(24(3,21)22)14-9-8-11(17)10-13(14)18-16(20)12-6-4-5-7-15(12)23-2/h4-10H,1-3H3,(H,18,20). The number of hydrogen-bond acceptors (Lipinski definition) is 4. The van der Waals surface area contributed by atoms with Crippen molar-refractivity contribution in [2.45, 2.75) is 0 Å². The molecule has 6 nitrogen and oxygen atoms in total. The molecule has 0 aliphatic rings. The molecule has 24 heavy (non-hydrogen) atoms. The van der Waals surface area contributed by atoms with Crippen molar-refractivity contribution < 1.29 is 17.9 Å². The first-order valence-corrected chi connectivity index (χ1v) is 9.56.